The molecule has 2 rings (SSSR count). The van der Waals surface area contributed by atoms with Crippen LogP contribution in [0.1, 0.15) is 32.1 Å². The van der Waals surface area contributed by atoms with Gasteiger partial charge >= 0.3 is 0 Å². The Morgan fingerprint density at radius 3 is 2.57 bits per heavy atom. The van der Waals surface area contributed by atoms with E-state index in [9.17, 15) is 0 Å². The zero-order valence-corrected chi connectivity index (χ0v) is 9.77. The van der Waals surface area contributed by atoms with Crippen LogP contribution in [0.4, 0.5) is 0 Å². The van der Waals surface area contributed by atoms with Crippen molar-refractivity contribution in [1.29, 1.82) is 0 Å². The molecule has 2 nitrogen and oxygen atoms in total. The second kappa shape index (κ2) is 5.38. The van der Waals surface area contributed by atoms with Crippen LogP contribution < -0.4 is 5.73 Å². The van der Waals surface area contributed by atoms with Crippen molar-refractivity contribution in [2.45, 2.75) is 44.2 Å². The zero-order chi connectivity index (χ0) is 9.80. The standard InChI is InChI=1S/C11H22N2S/c12-10-2-4-11(5-3-10)13-6-1-8-14-9-7-13/h10-11H,1-9,12H2. The summed E-state index contributed by atoms with van der Waals surface area (Å²) in [6, 6.07) is 1.35. The Kier molecular flexibility index (Phi) is 4.14. The molecule has 14 heavy (non-hydrogen) atoms. The number of nitrogens with two attached hydrogens (primary N) is 1. The predicted octanol–water partition coefficient (Wildman–Crippen LogP) is 1.70. The third-order valence-corrected chi connectivity index (χ3v) is 4.56. The topological polar surface area (TPSA) is 29.3 Å². The Balaban J connectivity index is 1.81. The summed E-state index contributed by atoms with van der Waals surface area (Å²) in [5.74, 6) is 2.70. The normalized spacial score (nSPS) is 36.6. The van der Waals surface area contributed by atoms with Gasteiger partial charge in [0.25, 0.3) is 0 Å². The fraction of sp³-hybridized carbons (Fsp3) is 1.00. The number of nitrogens with zero attached hydrogens (tertiary/aromatic N) is 1. The lowest BCUT2D eigenvalue weighted by Gasteiger charge is -2.35. The first kappa shape index (κ1) is 10.8. The molecule has 2 fully saturated rings. The molecule has 0 unspecified atom stereocenters. The second-order valence-electron chi connectivity index (χ2n) is 4.57. The minimum Gasteiger partial charge on any atom is -0.328 e. The minimum atomic E-state index is 0.493. The van der Waals surface area contributed by atoms with E-state index in [0.29, 0.717) is 6.04 Å². The predicted molar refractivity (Wildman–Crippen MR) is 63.7 cm³/mol. The van der Waals surface area contributed by atoms with Crippen LogP contribution in [0.15, 0.2) is 0 Å². The van der Waals surface area contributed by atoms with Gasteiger partial charge in [-0.25, -0.2) is 0 Å². The SMILES string of the molecule is NC1CCC(N2CCCSCC2)CC1. The average Bonchev–Trinajstić information content (AvgIpc) is 2.47. The monoisotopic (exact) mass is 214 g/mol. The Bertz CT molecular complexity index is 159. The molecule has 0 atom stereocenters. The van der Waals surface area contributed by atoms with Crippen LogP contribution in [0.2, 0.25) is 0 Å². The average molecular weight is 214 g/mol. The van der Waals surface area contributed by atoms with Crippen LogP contribution in [0.25, 0.3) is 0 Å². The molecule has 0 aromatic rings. The maximum absolute atomic E-state index is 5.93. The van der Waals surface area contributed by atoms with Gasteiger partial charge in [-0.3, -0.25) is 4.90 Å². The van der Waals surface area contributed by atoms with Crippen molar-refractivity contribution in [2.75, 3.05) is 24.6 Å². The molecule has 82 valence electrons. The first-order valence-electron chi connectivity index (χ1n) is 5.93. The van der Waals surface area contributed by atoms with Gasteiger partial charge in [-0.2, -0.15) is 11.8 Å². The maximum atomic E-state index is 5.93. The van der Waals surface area contributed by atoms with Gasteiger partial charge in [0, 0.05) is 24.4 Å². The summed E-state index contributed by atoms with van der Waals surface area (Å²) in [6.45, 7) is 2.64. The molecule has 1 saturated carbocycles. The molecule has 0 aromatic heterocycles. The molecule has 0 amide bonds. The van der Waals surface area contributed by atoms with E-state index in [2.05, 4.69) is 16.7 Å². The molecular formula is C11H22N2S. The summed E-state index contributed by atoms with van der Waals surface area (Å²) in [4.78, 5) is 2.71. The van der Waals surface area contributed by atoms with Crippen molar-refractivity contribution in [3.63, 3.8) is 0 Å². The molecule has 0 aromatic carbocycles. The smallest absolute Gasteiger partial charge is 0.00967 e. The van der Waals surface area contributed by atoms with Crippen molar-refractivity contribution in [3.8, 4) is 0 Å². The van der Waals surface area contributed by atoms with Crippen LogP contribution >= 0.6 is 11.8 Å². The first-order chi connectivity index (χ1) is 6.86. The van der Waals surface area contributed by atoms with Crippen LogP contribution in [0.5, 0.6) is 0 Å². The van der Waals surface area contributed by atoms with E-state index in [1.54, 1.807) is 0 Å². The second-order valence-corrected chi connectivity index (χ2v) is 5.80. The lowest BCUT2D eigenvalue weighted by molar-refractivity contribution is 0.160. The highest BCUT2D eigenvalue weighted by Crippen LogP contribution is 2.24. The molecular weight excluding hydrogens is 192 g/mol. The highest BCUT2D eigenvalue weighted by atomic mass is 32.2. The molecule has 1 aliphatic carbocycles. The van der Waals surface area contributed by atoms with E-state index in [-0.39, 0.29) is 0 Å². The van der Waals surface area contributed by atoms with E-state index in [1.807, 2.05) is 0 Å². The summed E-state index contributed by atoms with van der Waals surface area (Å²) >= 11 is 2.12. The lowest BCUT2D eigenvalue weighted by Crippen LogP contribution is -2.41. The van der Waals surface area contributed by atoms with E-state index in [4.69, 9.17) is 5.73 Å². The van der Waals surface area contributed by atoms with Gasteiger partial charge in [0.2, 0.25) is 0 Å². The Hall–Kier alpha value is 0.270. The molecule has 2 aliphatic rings. The highest BCUT2D eigenvalue weighted by Gasteiger charge is 2.24. The van der Waals surface area contributed by atoms with Gasteiger partial charge in [-0.1, -0.05) is 0 Å². The molecule has 2 N–H and O–H groups in total. The van der Waals surface area contributed by atoms with Gasteiger partial charge < -0.3 is 5.73 Å². The van der Waals surface area contributed by atoms with Crippen LogP contribution in [0, 0.1) is 0 Å². The first-order valence-corrected chi connectivity index (χ1v) is 7.09. The van der Waals surface area contributed by atoms with Crippen molar-refractivity contribution >= 4 is 11.8 Å². The van der Waals surface area contributed by atoms with Crippen molar-refractivity contribution < 1.29 is 0 Å². The number of hydrogen-bond acceptors (Lipinski definition) is 3. The lowest BCUT2D eigenvalue weighted by atomic mass is 9.90. The van der Waals surface area contributed by atoms with Gasteiger partial charge in [-0.15, -0.1) is 0 Å². The summed E-state index contributed by atoms with van der Waals surface area (Å²) in [5, 5.41) is 0. The van der Waals surface area contributed by atoms with Gasteiger partial charge in [-0.05, 0) is 44.4 Å². The Morgan fingerprint density at radius 1 is 1.00 bits per heavy atom. The largest absolute Gasteiger partial charge is 0.328 e. The van der Waals surface area contributed by atoms with E-state index < -0.39 is 0 Å². The van der Waals surface area contributed by atoms with Crippen molar-refractivity contribution in [2.24, 2.45) is 5.73 Å². The Morgan fingerprint density at radius 2 is 1.79 bits per heavy atom. The number of hydrogen-bond donors (Lipinski definition) is 1. The zero-order valence-electron chi connectivity index (χ0n) is 8.95. The van der Waals surface area contributed by atoms with Gasteiger partial charge in [0.15, 0.2) is 0 Å². The van der Waals surface area contributed by atoms with Crippen molar-refractivity contribution in [3.05, 3.63) is 0 Å². The van der Waals surface area contributed by atoms with Crippen molar-refractivity contribution in [1.82, 2.24) is 4.90 Å². The van der Waals surface area contributed by atoms with Gasteiger partial charge in [0.1, 0.15) is 0 Å². The summed E-state index contributed by atoms with van der Waals surface area (Å²) in [6.07, 6.45) is 6.55. The number of rotatable bonds is 1. The molecule has 1 heterocycles. The molecule has 3 heteroatoms. The summed E-state index contributed by atoms with van der Waals surface area (Å²) in [7, 11) is 0. The molecule has 1 saturated heterocycles. The summed E-state index contributed by atoms with van der Waals surface area (Å²) in [5.41, 5.74) is 5.93. The maximum Gasteiger partial charge on any atom is 0.00967 e. The third-order valence-electron chi connectivity index (χ3n) is 3.51. The molecule has 0 radical (unpaired) electrons. The Labute approximate surface area is 91.6 Å². The van der Waals surface area contributed by atoms with Gasteiger partial charge in [0.05, 0.1) is 0 Å². The minimum absolute atomic E-state index is 0.493. The van der Waals surface area contributed by atoms with E-state index >= 15 is 0 Å². The molecule has 0 bridgehead atoms. The third kappa shape index (κ3) is 2.88. The number of thioether (sulfide) groups is 1. The fourth-order valence-electron chi connectivity index (χ4n) is 2.60. The van der Waals surface area contributed by atoms with Crippen LogP contribution in [-0.2, 0) is 0 Å². The quantitative estimate of drug-likeness (QED) is 0.720. The molecule has 0 spiro atoms. The molecule has 1 aliphatic heterocycles. The summed E-state index contributed by atoms with van der Waals surface area (Å²) < 4.78 is 0. The fourth-order valence-corrected chi connectivity index (χ4v) is 3.50. The van der Waals surface area contributed by atoms with E-state index in [1.165, 1.54) is 56.7 Å². The van der Waals surface area contributed by atoms with E-state index in [0.717, 1.165) is 6.04 Å². The highest BCUT2D eigenvalue weighted by molar-refractivity contribution is 7.99. The van der Waals surface area contributed by atoms with Crippen LogP contribution in [-0.4, -0.2) is 41.6 Å². The van der Waals surface area contributed by atoms with Crippen LogP contribution in [0.3, 0.4) is 0 Å².